The summed E-state index contributed by atoms with van der Waals surface area (Å²) in [5, 5.41) is 14.9. The molecule has 2 N–H and O–H groups in total. The third kappa shape index (κ3) is 6.32. The normalized spacial score (nSPS) is 10.6. The fraction of sp³-hybridized carbons (Fsp3) is 0.111. The molecule has 0 saturated heterocycles. The first-order chi connectivity index (χ1) is 13.9. The second-order valence-electron chi connectivity index (χ2n) is 5.61. The van der Waals surface area contributed by atoms with E-state index < -0.39 is 5.91 Å². The van der Waals surface area contributed by atoms with Crippen molar-refractivity contribution in [3.8, 4) is 0 Å². The van der Waals surface area contributed by atoms with E-state index >= 15 is 0 Å². The minimum Gasteiger partial charge on any atom is -0.351 e. The zero-order valence-electron chi connectivity index (χ0n) is 14.6. The molecule has 0 radical (unpaired) electrons. The molecule has 150 valence electrons. The number of thioether (sulfide) groups is 1. The van der Waals surface area contributed by atoms with Gasteiger partial charge in [0.25, 0.3) is 5.91 Å². The second kappa shape index (κ2) is 10.3. The number of anilines is 1. The zero-order valence-corrected chi connectivity index (χ0v) is 18.5. The number of hydrogen-bond acceptors (Lipinski definition) is 6. The molecule has 11 heteroatoms. The van der Waals surface area contributed by atoms with Crippen molar-refractivity contribution in [1.29, 1.82) is 0 Å². The number of hydrogen-bond donors (Lipinski definition) is 2. The predicted octanol–water partition coefficient (Wildman–Crippen LogP) is 5.16. The van der Waals surface area contributed by atoms with Crippen molar-refractivity contribution in [3.05, 3.63) is 68.7 Å². The Labute approximate surface area is 190 Å². The highest BCUT2D eigenvalue weighted by Crippen LogP contribution is 2.27. The number of halogens is 3. The Morgan fingerprint density at radius 3 is 2.62 bits per heavy atom. The molecular weight excluding hydrogens is 475 g/mol. The minimum absolute atomic E-state index is 0.160. The average Bonchev–Trinajstić information content (AvgIpc) is 3.15. The molecule has 3 rings (SSSR count). The van der Waals surface area contributed by atoms with Gasteiger partial charge < -0.3 is 5.32 Å². The van der Waals surface area contributed by atoms with Crippen molar-refractivity contribution in [1.82, 2.24) is 15.5 Å². The zero-order chi connectivity index (χ0) is 20.8. The maximum absolute atomic E-state index is 12.3. The Bertz CT molecular complexity index is 1050. The monoisotopic (exact) mass is 486 g/mol. The molecule has 0 aliphatic rings. The standard InChI is InChI=1S/C18H13Cl3N4O2S2/c19-11-5-6-14(21)12(7-11)16(27)23-17-24-25-18(29-17)28-9-15(26)22-8-10-3-1-2-4-13(10)20/h1-7H,8-9H2,(H,22,26)(H,23,24,27). The van der Waals surface area contributed by atoms with Crippen LogP contribution in [0, 0.1) is 0 Å². The lowest BCUT2D eigenvalue weighted by molar-refractivity contribution is -0.118. The Morgan fingerprint density at radius 1 is 1.03 bits per heavy atom. The van der Waals surface area contributed by atoms with Crippen molar-refractivity contribution >= 4 is 74.8 Å². The molecule has 6 nitrogen and oxygen atoms in total. The van der Waals surface area contributed by atoms with E-state index in [2.05, 4.69) is 20.8 Å². The predicted molar refractivity (Wildman–Crippen MR) is 118 cm³/mol. The van der Waals surface area contributed by atoms with Crippen LogP contribution in [0.1, 0.15) is 15.9 Å². The molecule has 1 aromatic heterocycles. The molecule has 0 spiro atoms. The molecule has 0 aliphatic carbocycles. The fourth-order valence-electron chi connectivity index (χ4n) is 2.17. The largest absolute Gasteiger partial charge is 0.351 e. The summed E-state index contributed by atoms with van der Waals surface area (Å²) in [5.74, 6) is -0.447. The van der Waals surface area contributed by atoms with Gasteiger partial charge in [0.05, 0.1) is 16.3 Å². The number of carbonyl (C=O) groups excluding carboxylic acids is 2. The van der Waals surface area contributed by atoms with Crippen LogP contribution in [-0.4, -0.2) is 27.8 Å². The van der Waals surface area contributed by atoms with Gasteiger partial charge >= 0.3 is 0 Å². The quantitative estimate of drug-likeness (QED) is 0.355. The number of nitrogens with zero attached hydrogens (tertiary/aromatic N) is 2. The van der Waals surface area contributed by atoms with Crippen LogP contribution in [0.5, 0.6) is 0 Å². The van der Waals surface area contributed by atoms with Crippen molar-refractivity contribution in [2.75, 3.05) is 11.1 Å². The summed E-state index contributed by atoms with van der Waals surface area (Å²) in [6, 6.07) is 11.9. The number of rotatable bonds is 7. The first kappa shape index (κ1) is 21.9. The Balaban J connectivity index is 1.50. The van der Waals surface area contributed by atoms with Gasteiger partial charge in [-0.1, -0.05) is 76.1 Å². The van der Waals surface area contributed by atoms with Gasteiger partial charge in [-0.05, 0) is 29.8 Å². The van der Waals surface area contributed by atoms with Gasteiger partial charge in [-0.2, -0.15) is 0 Å². The smallest absolute Gasteiger partial charge is 0.259 e. The summed E-state index contributed by atoms with van der Waals surface area (Å²) < 4.78 is 0.547. The molecule has 0 aliphatic heterocycles. The third-order valence-corrected chi connectivity index (χ3v) is 6.47. The van der Waals surface area contributed by atoms with Crippen LogP contribution in [0.4, 0.5) is 5.13 Å². The number of aromatic nitrogens is 2. The summed E-state index contributed by atoms with van der Waals surface area (Å²) in [6.07, 6.45) is 0. The highest BCUT2D eigenvalue weighted by atomic mass is 35.5. The molecule has 0 bridgehead atoms. The first-order valence-electron chi connectivity index (χ1n) is 8.15. The van der Waals surface area contributed by atoms with E-state index in [1.54, 1.807) is 18.2 Å². The molecule has 0 saturated carbocycles. The summed E-state index contributed by atoms with van der Waals surface area (Å²) >= 11 is 20.4. The molecule has 0 atom stereocenters. The van der Waals surface area contributed by atoms with Crippen molar-refractivity contribution in [3.63, 3.8) is 0 Å². The highest BCUT2D eigenvalue weighted by molar-refractivity contribution is 8.01. The van der Waals surface area contributed by atoms with E-state index in [-0.39, 0.29) is 22.2 Å². The van der Waals surface area contributed by atoms with Crippen molar-refractivity contribution in [2.24, 2.45) is 0 Å². The Kier molecular flexibility index (Phi) is 7.74. The molecular formula is C18H13Cl3N4O2S2. The van der Waals surface area contributed by atoms with E-state index in [1.165, 1.54) is 17.8 Å². The molecule has 2 amide bonds. The lowest BCUT2D eigenvalue weighted by Gasteiger charge is -2.06. The van der Waals surface area contributed by atoms with Crippen LogP contribution in [-0.2, 0) is 11.3 Å². The molecule has 1 heterocycles. The highest BCUT2D eigenvalue weighted by Gasteiger charge is 2.15. The fourth-order valence-corrected chi connectivity index (χ4v) is 4.32. The van der Waals surface area contributed by atoms with Gasteiger partial charge in [0.2, 0.25) is 11.0 Å². The molecule has 29 heavy (non-hydrogen) atoms. The van der Waals surface area contributed by atoms with Gasteiger partial charge in [-0.3, -0.25) is 14.9 Å². The van der Waals surface area contributed by atoms with Gasteiger partial charge in [-0.25, -0.2) is 0 Å². The van der Waals surface area contributed by atoms with Gasteiger partial charge in [0.15, 0.2) is 4.34 Å². The number of nitrogens with one attached hydrogen (secondary N) is 2. The Morgan fingerprint density at radius 2 is 1.83 bits per heavy atom. The van der Waals surface area contributed by atoms with E-state index in [0.29, 0.717) is 26.1 Å². The van der Waals surface area contributed by atoms with Crippen LogP contribution >= 0.6 is 57.9 Å². The van der Waals surface area contributed by atoms with Gasteiger partial charge in [0, 0.05) is 16.6 Å². The molecule has 0 unspecified atom stereocenters. The van der Waals surface area contributed by atoms with Crippen LogP contribution in [0.25, 0.3) is 0 Å². The SMILES string of the molecule is O=C(CSc1nnc(NC(=O)c2cc(Cl)ccc2Cl)s1)NCc1ccccc1Cl. The van der Waals surface area contributed by atoms with Crippen LogP contribution in [0.15, 0.2) is 46.8 Å². The maximum atomic E-state index is 12.3. The summed E-state index contributed by atoms with van der Waals surface area (Å²) in [5.41, 5.74) is 1.08. The lowest BCUT2D eigenvalue weighted by atomic mass is 10.2. The summed E-state index contributed by atoms with van der Waals surface area (Å²) in [4.78, 5) is 24.3. The van der Waals surface area contributed by atoms with Gasteiger partial charge in [0.1, 0.15) is 0 Å². The third-order valence-electron chi connectivity index (χ3n) is 3.56. The van der Waals surface area contributed by atoms with Crippen molar-refractivity contribution < 1.29 is 9.59 Å². The van der Waals surface area contributed by atoms with E-state index in [0.717, 1.165) is 16.9 Å². The Hall–Kier alpha value is -1.84. The number of amides is 2. The van der Waals surface area contributed by atoms with E-state index in [4.69, 9.17) is 34.8 Å². The second-order valence-corrected chi connectivity index (χ2v) is 9.06. The molecule has 3 aromatic rings. The topological polar surface area (TPSA) is 84.0 Å². The van der Waals surface area contributed by atoms with Gasteiger partial charge in [-0.15, -0.1) is 10.2 Å². The average molecular weight is 488 g/mol. The van der Waals surface area contributed by atoms with Crippen LogP contribution < -0.4 is 10.6 Å². The lowest BCUT2D eigenvalue weighted by Crippen LogP contribution is -2.24. The number of carbonyl (C=O) groups is 2. The van der Waals surface area contributed by atoms with Crippen LogP contribution in [0.3, 0.4) is 0 Å². The number of benzene rings is 2. The summed E-state index contributed by atoms with van der Waals surface area (Å²) in [6.45, 7) is 0.344. The van der Waals surface area contributed by atoms with E-state index in [9.17, 15) is 9.59 Å². The summed E-state index contributed by atoms with van der Waals surface area (Å²) in [7, 11) is 0. The molecule has 2 aromatic carbocycles. The van der Waals surface area contributed by atoms with Crippen molar-refractivity contribution in [2.45, 2.75) is 10.9 Å². The first-order valence-corrected chi connectivity index (χ1v) is 11.1. The minimum atomic E-state index is -0.442. The maximum Gasteiger partial charge on any atom is 0.259 e. The van der Waals surface area contributed by atoms with Crippen LogP contribution in [0.2, 0.25) is 15.1 Å². The van der Waals surface area contributed by atoms with E-state index in [1.807, 2.05) is 18.2 Å². The molecule has 0 fully saturated rings.